The zero-order valence-electron chi connectivity index (χ0n) is 16.4. The Morgan fingerprint density at radius 3 is 1.71 bits per heavy atom. The van der Waals surface area contributed by atoms with E-state index in [4.69, 9.17) is 0 Å². The van der Waals surface area contributed by atoms with Crippen molar-refractivity contribution in [1.29, 1.82) is 0 Å². The summed E-state index contributed by atoms with van der Waals surface area (Å²) in [5, 5.41) is 0.988. The maximum Gasteiger partial charge on any atom is 0.0285 e. The average Bonchev–Trinajstić information content (AvgIpc) is 2.59. The number of rotatable bonds is 14. The molecular formula is C23H39Br. The topological polar surface area (TPSA) is 0 Å². The Labute approximate surface area is 160 Å². The van der Waals surface area contributed by atoms with Crippen LogP contribution in [0.15, 0.2) is 12.1 Å². The van der Waals surface area contributed by atoms with Gasteiger partial charge in [-0.15, -0.1) is 0 Å². The Bertz CT molecular complexity index is 436. The number of alkyl halides is 1. The Hall–Kier alpha value is -0.300. The number of aryl methyl sites for hydroxylation is 1. The van der Waals surface area contributed by atoms with Gasteiger partial charge in [-0.2, -0.15) is 0 Å². The summed E-state index contributed by atoms with van der Waals surface area (Å²) in [4.78, 5) is 0. The number of unbranched alkanes of at least 4 members (excludes halogenated alkanes) is 11. The van der Waals surface area contributed by atoms with E-state index in [-0.39, 0.29) is 0 Å². The maximum absolute atomic E-state index is 3.64. The highest BCUT2D eigenvalue weighted by atomic mass is 79.9. The third kappa shape index (κ3) is 8.70. The molecule has 0 saturated heterocycles. The Morgan fingerprint density at radius 2 is 1.21 bits per heavy atom. The van der Waals surface area contributed by atoms with E-state index in [9.17, 15) is 0 Å². The lowest BCUT2D eigenvalue weighted by molar-refractivity contribution is 0.544. The third-order valence-corrected chi connectivity index (χ3v) is 5.99. The van der Waals surface area contributed by atoms with E-state index in [0.717, 1.165) is 5.33 Å². The molecule has 0 atom stereocenters. The SMILES string of the molecule is CCCCCCCCCCCCCCc1c(CBr)ccc(C)c1C. The van der Waals surface area contributed by atoms with Gasteiger partial charge in [0.1, 0.15) is 0 Å². The third-order valence-electron chi connectivity index (χ3n) is 5.39. The second kappa shape index (κ2) is 13.9. The smallest absolute Gasteiger partial charge is 0.0285 e. The van der Waals surface area contributed by atoms with Crippen molar-refractivity contribution in [3.63, 3.8) is 0 Å². The molecule has 0 N–H and O–H groups in total. The molecule has 1 aromatic carbocycles. The first-order chi connectivity index (χ1) is 11.7. The van der Waals surface area contributed by atoms with Crippen LogP contribution in [0.2, 0.25) is 0 Å². The van der Waals surface area contributed by atoms with E-state index in [2.05, 4.69) is 48.8 Å². The summed E-state index contributed by atoms with van der Waals surface area (Å²) in [5.41, 5.74) is 6.03. The molecule has 0 nitrogen and oxygen atoms in total. The van der Waals surface area contributed by atoms with Gasteiger partial charge in [0.2, 0.25) is 0 Å². The molecule has 0 bridgehead atoms. The molecule has 1 aromatic rings. The lowest BCUT2D eigenvalue weighted by atomic mass is 9.94. The van der Waals surface area contributed by atoms with Gasteiger partial charge in [0.05, 0.1) is 0 Å². The predicted octanol–water partition coefficient (Wildman–Crippen LogP) is 8.44. The fourth-order valence-electron chi connectivity index (χ4n) is 3.55. The van der Waals surface area contributed by atoms with Gasteiger partial charge in [-0.05, 0) is 48.9 Å². The van der Waals surface area contributed by atoms with E-state index >= 15 is 0 Å². The summed E-state index contributed by atoms with van der Waals surface area (Å²) in [6, 6.07) is 4.56. The number of halogens is 1. The van der Waals surface area contributed by atoms with Crippen molar-refractivity contribution in [3.05, 3.63) is 34.4 Å². The molecule has 1 rings (SSSR count). The van der Waals surface area contributed by atoms with Gasteiger partial charge in [-0.1, -0.05) is 106 Å². The summed E-state index contributed by atoms with van der Waals surface area (Å²) in [7, 11) is 0. The van der Waals surface area contributed by atoms with Crippen molar-refractivity contribution in [3.8, 4) is 0 Å². The van der Waals surface area contributed by atoms with Crippen LogP contribution in [-0.2, 0) is 11.8 Å². The minimum Gasteiger partial charge on any atom is -0.0876 e. The molecule has 138 valence electrons. The summed E-state index contributed by atoms with van der Waals surface area (Å²) in [5.74, 6) is 0. The van der Waals surface area contributed by atoms with E-state index in [1.54, 1.807) is 5.56 Å². The van der Waals surface area contributed by atoms with Crippen molar-refractivity contribution in [2.45, 2.75) is 110 Å². The largest absolute Gasteiger partial charge is 0.0876 e. The van der Waals surface area contributed by atoms with Gasteiger partial charge in [0.25, 0.3) is 0 Å². The van der Waals surface area contributed by atoms with E-state index in [1.807, 2.05) is 0 Å². The predicted molar refractivity (Wildman–Crippen MR) is 113 cm³/mol. The van der Waals surface area contributed by atoms with Crippen LogP contribution >= 0.6 is 15.9 Å². The normalized spacial score (nSPS) is 11.2. The van der Waals surface area contributed by atoms with Gasteiger partial charge < -0.3 is 0 Å². The lowest BCUT2D eigenvalue weighted by Crippen LogP contribution is -1.98. The van der Waals surface area contributed by atoms with E-state index < -0.39 is 0 Å². The van der Waals surface area contributed by atoms with Gasteiger partial charge in [0.15, 0.2) is 0 Å². The van der Waals surface area contributed by atoms with Crippen LogP contribution in [0.4, 0.5) is 0 Å². The molecule has 0 aliphatic carbocycles. The van der Waals surface area contributed by atoms with Crippen molar-refractivity contribution in [2.75, 3.05) is 0 Å². The summed E-state index contributed by atoms with van der Waals surface area (Å²) >= 11 is 3.64. The molecule has 0 spiro atoms. The minimum absolute atomic E-state index is 0.988. The molecule has 0 aromatic heterocycles. The van der Waals surface area contributed by atoms with Crippen LogP contribution in [0.25, 0.3) is 0 Å². The van der Waals surface area contributed by atoms with E-state index in [0.29, 0.717) is 0 Å². The minimum atomic E-state index is 0.988. The fraction of sp³-hybridized carbons (Fsp3) is 0.739. The van der Waals surface area contributed by atoms with Crippen LogP contribution in [0.5, 0.6) is 0 Å². The summed E-state index contributed by atoms with van der Waals surface area (Å²) < 4.78 is 0. The highest BCUT2D eigenvalue weighted by molar-refractivity contribution is 9.08. The molecule has 0 radical (unpaired) electrons. The van der Waals surface area contributed by atoms with Gasteiger partial charge in [0, 0.05) is 5.33 Å². The van der Waals surface area contributed by atoms with Crippen molar-refractivity contribution in [2.24, 2.45) is 0 Å². The molecule has 1 heteroatoms. The molecular weight excluding hydrogens is 356 g/mol. The van der Waals surface area contributed by atoms with Crippen LogP contribution in [0, 0.1) is 13.8 Å². The number of hydrogen-bond acceptors (Lipinski definition) is 0. The molecule has 0 aliphatic rings. The zero-order chi connectivity index (χ0) is 17.6. The second-order valence-electron chi connectivity index (χ2n) is 7.42. The summed E-state index contributed by atoms with van der Waals surface area (Å²) in [6.45, 7) is 6.82. The molecule has 0 fully saturated rings. The first kappa shape index (κ1) is 21.7. The van der Waals surface area contributed by atoms with Crippen molar-refractivity contribution >= 4 is 15.9 Å². The Balaban J connectivity index is 2.06. The standard InChI is InChI=1S/C23H39Br/c1-4-5-6-7-8-9-10-11-12-13-14-15-16-23-21(3)20(2)17-18-22(23)19-24/h17-18H,4-16,19H2,1-3H3. The number of benzene rings is 1. The zero-order valence-corrected chi connectivity index (χ0v) is 18.0. The molecule has 0 saturated carbocycles. The first-order valence-corrected chi connectivity index (χ1v) is 11.5. The monoisotopic (exact) mass is 394 g/mol. The molecule has 0 amide bonds. The molecule has 0 heterocycles. The highest BCUT2D eigenvalue weighted by Crippen LogP contribution is 2.23. The van der Waals surface area contributed by atoms with Gasteiger partial charge in [-0.3, -0.25) is 0 Å². The van der Waals surface area contributed by atoms with Crippen LogP contribution in [0.1, 0.15) is 106 Å². The maximum atomic E-state index is 3.64. The quantitative estimate of drug-likeness (QED) is 0.219. The van der Waals surface area contributed by atoms with Crippen molar-refractivity contribution < 1.29 is 0 Å². The van der Waals surface area contributed by atoms with Crippen molar-refractivity contribution in [1.82, 2.24) is 0 Å². The summed E-state index contributed by atoms with van der Waals surface area (Å²) in [6.07, 6.45) is 18.4. The average molecular weight is 395 g/mol. The van der Waals surface area contributed by atoms with Crippen LogP contribution in [-0.4, -0.2) is 0 Å². The highest BCUT2D eigenvalue weighted by Gasteiger charge is 2.07. The van der Waals surface area contributed by atoms with E-state index in [1.165, 1.54) is 100 Å². The van der Waals surface area contributed by atoms with Gasteiger partial charge in [-0.25, -0.2) is 0 Å². The van der Waals surface area contributed by atoms with Crippen LogP contribution < -0.4 is 0 Å². The molecule has 0 aliphatic heterocycles. The second-order valence-corrected chi connectivity index (χ2v) is 7.98. The fourth-order valence-corrected chi connectivity index (χ4v) is 4.07. The Kier molecular flexibility index (Phi) is 12.6. The lowest BCUT2D eigenvalue weighted by Gasteiger charge is -2.13. The van der Waals surface area contributed by atoms with Gasteiger partial charge >= 0.3 is 0 Å². The molecule has 24 heavy (non-hydrogen) atoms. The first-order valence-electron chi connectivity index (χ1n) is 10.3. The number of hydrogen-bond donors (Lipinski definition) is 0. The molecule has 0 unspecified atom stereocenters. The Morgan fingerprint density at radius 1 is 0.708 bits per heavy atom. The van der Waals surface area contributed by atoms with Crippen LogP contribution in [0.3, 0.4) is 0 Å².